The first kappa shape index (κ1) is 18.4. The number of halogens is 3. The molecular weight excluding hydrogens is 337 g/mol. The first-order chi connectivity index (χ1) is 12.0. The molecule has 0 atom stereocenters. The second kappa shape index (κ2) is 8.23. The molecule has 0 aliphatic heterocycles. The summed E-state index contributed by atoms with van der Waals surface area (Å²) in [5.41, 5.74) is 0.316. The quantitative estimate of drug-likeness (QED) is 0.549. The summed E-state index contributed by atoms with van der Waals surface area (Å²) < 4.78 is 53.0. The van der Waals surface area contributed by atoms with E-state index < -0.39 is 18.2 Å². The standard InChI is InChI=1S/C18H15F3O4/c1-23-15-9-7-12(10-13(15)19)14(22)8-6-11-4-3-5-16(24-2)17(11)25-18(20)21/h3-10,18H,1-2H3. The number of ether oxygens (including phenoxy) is 3. The smallest absolute Gasteiger partial charge is 0.387 e. The van der Waals surface area contributed by atoms with Crippen molar-refractivity contribution >= 4 is 11.9 Å². The van der Waals surface area contributed by atoms with E-state index in [-0.39, 0.29) is 28.4 Å². The van der Waals surface area contributed by atoms with Crippen LogP contribution in [0.1, 0.15) is 15.9 Å². The Morgan fingerprint density at radius 1 is 1.08 bits per heavy atom. The molecule has 2 rings (SSSR count). The molecular formula is C18H15F3O4. The molecule has 7 heteroatoms. The number of carbonyl (C=O) groups excluding carboxylic acids is 1. The highest BCUT2D eigenvalue weighted by atomic mass is 19.3. The highest BCUT2D eigenvalue weighted by Gasteiger charge is 2.14. The zero-order valence-corrected chi connectivity index (χ0v) is 13.5. The van der Waals surface area contributed by atoms with Crippen molar-refractivity contribution in [1.29, 1.82) is 0 Å². The number of allylic oxidation sites excluding steroid dienone is 1. The van der Waals surface area contributed by atoms with E-state index in [1.54, 1.807) is 6.07 Å². The maximum atomic E-state index is 13.7. The van der Waals surface area contributed by atoms with E-state index in [4.69, 9.17) is 9.47 Å². The van der Waals surface area contributed by atoms with Gasteiger partial charge in [0.2, 0.25) is 0 Å². The highest BCUT2D eigenvalue weighted by molar-refractivity contribution is 6.07. The molecule has 0 spiro atoms. The van der Waals surface area contributed by atoms with Crippen LogP contribution in [-0.4, -0.2) is 26.6 Å². The molecule has 0 N–H and O–H groups in total. The minimum atomic E-state index is -3.05. The fourth-order valence-electron chi connectivity index (χ4n) is 2.12. The lowest BCUT2D eigenvalue weighted by molar-refractivity contribution is -0.0513. The zero-order valence-electron chi connectivity index (χ0n) is 13.5. The predicted octanol–water partition coefficient (Wildman–Crippen LogP) is 4.34. The van der Waals surface area contributed by atoms with Crippen LogP contribution in [0.5, 0.6) is 17.2 Å². The maximum Gasteiger partial charge on any atom is 0.387 e. The van der Waals surface area contributed by atoms with Crippen molar-refractivity contribution in [2.24, 2.45) is 0 Å². The Morgan fingerprint density at radius 3 is 2.40 bits per heavy atom. The summed E-state index contributed by atoms with van der Waals surface area (Å²) in [6.45, 7) is -3.05. The average molecular weight is 352 g/mol. The molecule has 25 heavy (non-hydrogen) atoms. The second-order valence-electron chi connectivity index (χ2n) is 4.80. The minimum Gasteiger partial charge on any atom is -0.494 e. The lowest BCUT2D eigenvalue weighted by atomic mass is 10.1. The third-order valence-corrected chi connectivity index (χ3v) is 3.29. The van der Waals surface area contributed by atoms with Crippen LogP contribution in [-0.2, 0) is 0 Å². The molecule has 0 aromatic heterocycles. The summed E-state index contributed by atoms with van der Waals surface area (Å²) in [5.74, 6) is -1.26. The van der Waals surface area contributed by atoms with Crippen LogP contribution < -0.4 is 14.2 Å². The molecule has 132 valence electrons. The first-order valence-electron chi connectivity index (χ1n) is 7.14. The number of ketones is 1. The molecule has 0 fully saturated rings. The fourth-order valence-corrected chi connectivity index (χ4v) is 2.12. The number of hydrogen-bond donors (Lipinski definition) is 0. The van der Waals surface area contributed by atoms with Crippen LogP contribution in [0, 0.1) is 5.82 Å². The Morgan fingerprint density at radius 2 is 1.80 bits per heavy atom. The molecule has 0 aliphatic rings. The van der Waals surface area contributed by atoms with Crippen LogP contribution in [0.4, 0.5) is 13.2 Å². The number of benzene rings is 2. The Hall–Kier alpha value is -2.96. The van der Waals surface area contributed by atoms with E-state index in [0.29, 0.717) is 0 Å². The van der Waals surface area contributed by atoms with Gasteiger partial charge in [0.05, 0.1) is 14.2 Å². The summed E-state index contributed by atoms with van der Waals surface area (Å²) in [6, 6.07) is 8.26. The van der Waals surface area contributed by atoms with Crippen molar-refractivity contribution in [3.8, 4) is 17.2 Å². The molecule has 0 saturated carbocycles. The van der Waals surface area contributed by atoms with Gasteiger partial charge in [-0.05, 0) is 36.4 Å². The van der Waals surface area contributed by atoms with Gasteiger partial charge in [0.25, 0.3) is 0 Å². The normalized spacial score (nSPS) is 11.0. The van der Waals surface area contributed by atoms with Gasteiger partial charge >= 0.3 is 6.61 Å². The average Bonchev–Trinajstić information content (AvgIpc) is 2.59. The maximum absolute atomic E-state index is 13.7. The Labute approximate surface area is 142 Å². The van der Waals surface area contributed by atoms with Crippen molar-refractivity contribution in [2.45, 2.75) is 6.61 Å². The van der Waals surface area contributed by atoms with Crippen molar-refractivity contribution < 1.29 is 32.2 Å². The van der Waals surface area contributed by atoms with E-state index in [1.165, 1.54) is 44.6 Å². The number of hydrogen-bond acceptors (Lipinski definition) is 4. The predicted molar refractivity (Wildman–Crippen MR) is 85.9 cm³/mol. The molecule has 0 heterocycles. The van der Waals surface area contributed by atoms with E-state index >= 15 is 0 Å². The van der Waals surface area contributed by atoms with Crippen molar-refractivity contribution in [1.82, 2.24) is 0 Å². The molecule has 0 aliphatic carbocycles. The first-order valence-corrected chi connectivity index (χ1v) is 7.14. The van der Waals surface area contributed by atoms with E-state index in [9.17, 15) is 18.0 Å². The fraction of sp³-hybridized carbons (Fsp3) is 0.167. The number of methoxy groups -OCH3 is 2. The summed E-state index contributed by atoms with van der Waals surface area (Å²) in [5, 5.41) is 0. The van der Waals surface area contributed by atoms with Crippen molar-refractivity contribution in [3.63, 3.8) is 0 Å². The van der Waals surface area contributed by atoms with Crippen LogP contribution in [0.25, 0.3) is 6.08 Å². The molecule has 0 amide bonds. The summed E-state index contributed by atoms with van der Waals surface area (Å²) in [7, 11) is 2.62. The van der Waals surface area contributed by atoms with Gasteiger partial charge in [-0.25, -0.2) is 4.39 Å². The minimum absolute atomic E-state index is 0.0148. The van der Waals surface area contributed by atoms with Gasteiger partial charge in [-0.3, -0.25) is 4.79 Å². The van der Waals surface area contributed by atoms with Gasteiger partial charge in [0.1, 0.15) is 0 Å². The van der Waals surface area contributed by atoms with E-state index in [0.717, 1.165) is 12.1 Å². The van der Waals surface area contributed by atoms with E-state index in [2.05, 4.69) is 4.74 Å². The van der Waals surface area contributed by atoms with Gasteiger partial charge in [-0.1, -0.05) is 12.1 Å². The van der Waals surface area contributed by atoms with Crippen LogP contribution in [0.2, 0.25) is 0 Å². The number of para-hydroxylation sites is 1. The Balaban J connectivity index is 2.29. The summed E-state index contributed by atoms with van der Waals surface area (Å²) in [6.07, 6.45) is 2.43. The molecule has 2 aromatic carbocycles. The second-order valence-corrected chi connectivity index (χ2v) is 4.80. The Bertz CT molecular complexity index is 788. The molecule has 2 aromatic rings. The van der Waals surface area contributed by atoms with Crippen molar-refractivity contribution in [2.75, 3.05) is 14.2 Å². The lowest BCUT2D eigenvalue weighted by Crippen LogP contribution is -2.05. The third-order valence-electron chi connectivity index (χ3n) is 3.29. The van der Waals surface area contributed by atoms with Crippen LogP contribution >= 0.6 is 0 Å². The highest BCUT2D eigenvalue weighted by Crippen LogP contribution is 2.33. The molecule has 4 nitrogen and oxygen atoms in total. The third kappa shape index (κ3) is 4.53. The van der Waals surface area contributed by atoms with Crippen LogP contribution in [0.3, 0.4) is 0 Å². The largest absolute Gasteiger partial charge is 0.494 e. The molecule has 0 saturated heterocycles. The van der Waals surface area contributed by atoms with Gasteiger partial charge in [-0.15, -0.1) is 0 Å². The number of carbonyl (C=O) groups is 1. The summed E-state index contributed by atoms with van der Waals surface area (Å²) in [4.78, 5) is 12.1. The van der Waals surface area contributed by atoms with Crippen molar-refractivity contribution in [3.05, 3.63) is 59.4 Å². The lowest BCUT2D eigenvalue weighted by Gasteiger charge is -2.12. The van der Waals surface area contributed by atoms with Gasteiger partial charge < -0.3 is 14.2 Å². The monoisotopic (exact) mass is 352 g/mol. The Kier molecular flexibility index (Phi) is 6.05. The summed E-state index contributed by atoms with van der Waals surface area (Å²) >= 11 is 0. The number of alkyl halides is 2. The molecule has 0 radical (unpaired) electrons. The topological polar surface area (TPSA) is 44.8 Å². The van der Waals surface area contributed by atoms with Gasteiger partial charge in [0, 0.05) is 11.1 Å². The zero-order chi connectivity index (χ0) is 18.4. The number of rotatable bonds is 7. The molecule has 0 bridgehead atoms. The van der Waals surface area contributed by atoms with Gasteiger partial charge in [-0.2, -0.15) is 8.78 Å². The molecule has 0 unspecified atom stereocenters. The van der Waals surface area contributed by atoms with E-state index in [1.807, 2.05) is 0 Å². The SMILES string of the molecule is COc1ccc(C(=O)C=Cc2cccc(OC)c2OC(F)F)cc1F. The van der Waals surface area contributed by atoms with Gasteiger partial charge in [0.15, 0.2) is 28.8 Å². The van der Waals surface area contributed by atoms with Crippen LogP contribution in [0.15, 0.2) is 42.5 Å².